The van der Waals surface area contributed by atoms with E-state index in [4.69, 9.17) is 5.11 Å². The SMILES string of the molecule is C[C@@H](CN[C@H](c1ccccc1)[C@H]1CNc2cccnc2C1)c1cc(CC(=O)O)c(F)cc1F. The first kappa shape index (κ1) is 22.9. The zero-order chi connectivity index (χ0) is 23.4. The number of aromatic nitrogens is 1. The van der Waals surface area contributed by atoms with Crippen molar-refractivity contribution in [1.82, 2.24) is 10.3 Å². The Kier molecular flexibility index (Phi) is 6.99. The topological polar surface area (TPSA) is 74.2 Å². The maximum absolute atomic E-state index is 14.6. The van der Waals surface area contributed by atoms with Gasteiger partial charge in [0.15, 0.2) is 0 Å². The number of carboxylic acids is 1. The molecule has 3 aromatic rings. The number of carboxylic acid groups (broad SMARTS) is 1. The van der Waals surface area contributed by atoms with Crippen LogP contribution in [0.15, 0.2) is 60.8 Å². The first-order chi connectivity index (χ1) is 15.9. The molecule has 0 fully saturated rings. The van der Waals surface area contributed by atoms with Gasteiger partial charge in [-0.15, -0.1) is 0 Å². The van der Waals surface area contributed by atoms with E-state index in [1.165, 1.54) is 6.07 Å². The van der Waals surface area contributed by atoms with Crippen molar-refractivity contribution in [1.29, 1.82) is 0 Å². The Labute approximate surface area is 191 Å². The van der Waals surface area contributed by atoms with Gasteiger partial charge in [0.25, 0.3) is 0 Å². The van der Waals surface area contributed by atoms with Crippen LogP contribution in [0, 0.1) is 17.6 Å². The quantitative estimate of drug-likeness (QED) is 0.463. The molecule has 2 heterocycles. The van der Waals surface area contributed by atoms with Crippen molar-refractivity contribution in [2.45, 2.75) is 31.7 Å². The molecule has 1 aromatic heterocycles. The molecule has 1 aliphatic heterocycles. The van der Waals surface area contributed by atoms with Gasteiger partial charge in [-0.2, -0.15) is 0 Å². The van der Waals surface area contributed by atoms with Gasteiger partial charge < -0.3 is 15.7 Å². The molecule has 0 spiro atoms. The van der Waals surface area contributed by atoms with E-state index in [2.05, 4.69) is 27.8 Å². The number of hydrogen-bond donors (Lipinski definition) is 3. The van der Waals surface area contributed by atoms with Crippen molar-refractivity contribution in [2.24, 2.45) is 5.92 Å². The lowest BCUT2D eigenvalue weighted by atomic mass is 9.86. The number of nitrogens with zero attached hydrogens (tertiary/aromatic N) is 1. The van der Waals surface area contributed by atoms with Gasteiger partial charge in [-0.3, -0.25) is 9.78 Å². The molecule has 2 aromatic carbocycles. The van der Waals surface area contributed by atoms with Crippen LogP contribution in [0.25, 0.3) is 0 Å². The average Bonchev–Trinajstić information content (AvgIpc) is 2.81. The van der Waals surface area contributed by atoms with Crippen LogP contribution in [0.2, 0.25) is 0 Å². The summed E-state index contributed by atoms with van der Waals surface area (Å²) in [5.41, 5.74) is 3.49. The number of rotatable bonds is 8. The summed E-state index contributed by atoms with van der Waals surface area (Å²) in [4.78, 5) is 15.6. The summed E-state index contributed by atoms with van der Waals surface area (Å²) in [5, 5.41) is 16.1. The molecule has 0 bridgehead atoms. The second kappa shape index (κ2) is 10.1. The van der Waals surface area contributed by atoms with Crippen LogP contribution in [0.1, 0.15) is 41.3 Å². The third kappa shape index (κ3) is 5.37. The second-order valence-corrected chi connectivity index (χ2v) is 8.58. The standard InChI is InChI=1S/C26H27F2N3O2/c1-16(20-10-18(12-25(32)33)21(27)13-22(20)28)14-31-26(17-6-3-2-4-7-17)19-11-24-23(30-15-19)8-5-9-29-24/h2-10,13,16,19,26,30-31H,11-12,14-15H2,1H3,(H,32,33)/t16-,19+,26+/m0/s1. The van der Waals surface area contributed by atoms with Gasteiger partial charge in [-0.05, 0) is 47.2 Å². The molecule has 0 saturated heterocycles. The van der Waals surface area contributed by atoms with Crippen molar-refractivity contribution < 1.29 is 18.7 Å². The van der Waals surface area contributed by atoms with E-state index in [-0.39, 0.29) is 23.4 Å². The number of halogens is 2. The molecule has 172 valence electrons. The molecule has 3 N–H and O–H groups in total. The van der Waals surface area contributed by atoms with Crippen LogP contribution < -0.4 is 10.6 Å². The Bertz CT molecular complexity index is 1120. The number of aliphatic carboxylic acids is 1. The molecular weight excluding hydrogens is 424 g/mol. The lowest BCUT2D eigenvalue weighted by molar-refractivity contribution is -0.136. The van der Waals surface area contributed by atoms with Crippen molar-refractivity contribution in [3.63, 3.8) is 0 Å². The minimum absolute atomic E-state index is 0.00157. The van der Waals surface area contributed by atoms with Gasteiger partial charge >= 0.3 is 5.97 Å². The zero-order valence-corrected chi connectivity index (χ0v) is 18.4. The average molecular weight is 452 g/mol. The van der Waals surface area contributed by atoms with Gasteiger partial charge in [-0.25, -0.2) is 8.78 Å². The number of fused-ring (bicyclic) bond motifs is 1. The van der Waals surface area contributed by atoms with Crippen molar-refractivity contribution in [2.75, 3.05) is 18.4 Å². The number of benzene rings is 2. The second-order valence-electron chi connectivity index (χ2n) is 8.58. The fourth-order valence-electron chi connectivity index (χ4n) is 4.48. The van der Waals surface area contributed by atoms with E-state index in [0.717, 1.165) is 36.0 Å². The maximum atomic E-state index is 14.6. The van der Waals surface area contributed by atoms with Crippen LogP contribution >= 0.6 is 0 Å². The minimum Gasteiger partial charge on any atom is -0.481 e. The number of hydrogen-bond acceptors (Lipinski definition) is 4. The zero-order valence-electron chi connectivity index (χ0n) is 18.4. The number of pyridine rings is 1. The normalized spacial score (nSPS) is 17.0. The summed E-state index contributed by atoms with van der Waals surface area (Å²) < 4.78 is 28.6. The predicted molar refractivity (Wildman–Crippen MR) is 123 cm³/mol. The number of nitrogens with one attached hydrogen (secondary N) is 2. The lowest BCUT2D eigenvalue weighted by Gasteiger charge is -2.33. The minimum atomic E-state index is -1.15. The summed E-state index contributed by atoms with van der Waals surface area (Å²) in [6.45, 7) is 3.07. The van der Waals surface area contributed by atoms with Crippen LogP contribution in [0.3, 0.4) is 0 Å². The summed E-state index contributed by atoms with van der Waals surface area (Å²) in [6, 6.07) is 16.2. The molecule has 5 nitrogen and oxygen atoms in total. The van der Waals surface area contributed by atoms with Crippen LogP contribution in [-0.4, -0.2) is 29.1 Å². The van der Waals surface area contributed by atoms with Crippen LogP contribution in [-0.2, 0) is 17.6 Å². The first-order valence-electron chi connectivity index (χ1n) is 11.1. The highest BCUT2D eigenvalue weighted by molar-refractivity contribution is 5.70. The number of carbonyl (C=O) groups is 1. The van der Waals surface area contributed by atoms with E-state index in [1.807, 2.05) is 37.3 Å². The molecule has 0 amide bonds. The summed E-state index contributed by atoms with van der Waals surface area (Å²) in [7, 11) is 0. The Morgan fingerprint density at radius 2 is 1.97 bits per heavy atom. The Morgan fingerprint density at radius 3 is 2.73 bits per heavy atom. The molecular formula is C26H27F2N3O2. The van der Waals surface area contributed by atoms with Gasteiger partial charge in [0.05, 0.1) is 17.8 Å². The van der Waals surface area contributed by atoms with Crippen molar-refractivity contribution in [3.8, 4) is 0 Å². The molecule has 3 atom stereocenters. The molecule has 4 rings (SSSR count). The third-order valence-electron chi connectivity index (χ3n) is 6.21. The highest BCUT2D eigenvalue weighted by atomic mass is 19.1. The van der Waals surface area contributed by atoms with Crippen molar-refractivity contribution >= 4 is 11.7 Å². The van der Waals surface area contributed by atoms with Gasteiger partial charge in [-0.1, -0.05) is 37.3 Å². The third-order valence-corrected chi connectivity index (χ3v) is 6.21. The maximum Gasteiger partial charge on any atom is 0.307 e. The van der Waals surface area contributed by atoms with Gasteiger partial charge in [0.2, 0.25) is 0 Å². The van der Waals surface area contributed by atoms with E-state index in [1.54, 1.807) is 6.20 Å². The smallest absolute Gasteiger partial charge is 0.307 e. The van der Waals surface area contributed by atoms with Gasteiger partial charge in [0.1, 0.15) is 11.6 Å². The van der Waals surface area contributed by atoms with Crippen LogP contribution in [0.5, 0.6) is 0 Å². The van der Waals surface area contributed by atoms with E-state index < -0.39 is 24.0 Å². The Balaban J connectivity index is 1.54. The number of anilines is 1. The fourth-order valence-corrected chi connectivity index (χ4v) is 4.48. The molecule has 7 heteroatoms. The van der Waals surface area contributed by atoms with E-state index >= 15 is 0 Å². The molecule has 0 radical (unpaired) electrons. The van der Waals surface area contributed by atoms with Gasteiger partial charge in [0, 0.05) is 37.3 Å². The summed E-state index contributed by atoms with van der Waals surface area (Å²) in [5.74, 6) is -2.71. The molecule has 1 aliphatic rings. The monoisotopic (exact) mass is 451 g/mol. The fraction of sp³-hybridized carbons (Fsp3) is 0.308. The Morgan fingerprint density at radius 1 is 1.18 bits per heavy atom. The molecule has 0 saturated carbocycles. The summed E-state index contributed by atoms with van der Waals surface area (Å²) >= 11 is 0. The Hall–Kier alpha value is -3.32. The molecule has 0 aliphatic carbocycles. The highest BCUT2D eigenvalue weighted by Crippen LogP contribution is 2.32. The highest BCUT2D eigenvalue weighted by Gasteiger charge is 2.28. The lowest BCUT2D eigenvalue weighted by Crippen LogP contribution is -2.37. The molecule has 33 heavy (non-hydrogen) atoms. The van der Waals surface area contributed by atoms with Crippen LogP contribution in [0.4, 0.5) is 14.5 Å². The van der Waals surface area contributed by atoms with E-state index in [9.17, 15) is 13.6 Å². The first-order valence-corrected chi connectivity index (χ1v) is 11.1. The van der Waals surface area contributed by atoms with E-state index in [0.29, 0.717) is 12.1 Å². The summed E-state index contributed by atoms with van der Waals surface area (Å²) in [6.07, 6.45) is 2.12. The molecule has 0 unspecified atom stereocenters. The predicted octanol–water partition coefficient (Wildman–Crippen LogP) is 4.71. The van der Waals surface area contributed by atoms with Crippen molar-refractivity contribution in [3.05, 3.63) is 94.8 Å². The largest absolute Gasteiger partial charge is 0.481 e.